The minimum atomic E-state index is -2.28. The molecule has 3 aromatic rings. The molecule has 1 aromatic heterocycles. The van der Waals surface area contributed by atoms with E-state index >= 15 is 0 Å². The Morgan fingerprint density at radius 2 is 1.83 bits per heavy atom. The van der Waals surface area contributed by atoms with E-state index in [1.165, 1.54) is 22.9 Å². The number of rotatable bonds is 3. The molecular formula is C16H11ClFN2NaO2S. The Morgan fingerprint density at radius 3 is 2.42 bits per heavy atom. The van der Waals surface area contributed by atoms with Crippen LogP contribution in [0, 0.1) is 12.7 Å². The van der Waals surface area contributed by atoms with Crippen LogP contribution in [0.1, 0.15) is 5.56 Å². The van der Waals surface area contributed by atoms with E-state index in [1.54, 1.807) is 37.3 Å². The molecule has 0 aliphatic heterocycles. The Morgan fingerprint density at radius 1 is 1.17 bits per heavy atom. The predicted molar refractivity (Wildman–Crippen MR) is 85.9 cm³/mol. The number of aromatic nitrogens is 2. The standard InChI is InChI=1S/C16H12ClFN2O2S.Na/c1-10-2-5-12(8-14(10)18)20-15(9-16(17)19-20)11-3-6-13(7-4-11)23(21)22;/h2-9H,1H3,(H,21,22);/q;+1/p-1. The number of hydrogen-bond donors (Lipinski definition) is 0. The van der Waals surface area contributed by atoms with Crippen molar-refractivity contribution in [3.8, 4) is 16.9 Å². The summed E-state index contributed by atoms with van der Waals surface area (Å²) in [6.45, 7) is 1.68. The summed E-state index contributed by atoms with van der Waals surface area (Å²) in [6.07, 6.45) is 0. The molecule has 118 valence electrons. The average Bonchev–Trinajstić information content (AvgIpc) is 2.92. The number of hydrogen-bond acceptors (Lipinski definition) is 3. The van der Waals surface area contributed by atoms with Crippen LogP contribution in [0.2, 0.25) is 5.15 Å². The summed E-state index contributed by atoms with van der Waals surface area (Å²) in [5.41, 5.74) is 2.43. The van der Waals surface area contributed by atoms with E-state index in [9.17, 15) is 13.2 Å². The van der Waals surface area contributed by atoms with E-state index in [1.807, 2.05) is 0 Å². The first-order valence-electron chi connectivity index (χ1n) is 6.67. The van der Waals surface area contributed by atoms with Crippen molar-refractivity contribution < 1.29 is 42.7 Å². The van der Waals surface area contributed by atoms with Gasteiger partial charge in [0.05, 0.1) is 11.4 Å². The fourth-order valence-electron chi connectivity index (χ4n) is 2.20. The third-order valence-electron chi connectivity index (χ3n) is 3.42. The predicted octanol–water partition coefficient (Wildman–Crippen LogP) is 0.882. The first kappa shape index (κ1) is 19.3. The van der Waals surface area contributed by atoms with Crippen molar-refractivity contribution in [2.24, 2.45) is 0 Å². The number of nitrogens with zero attached hydrogens (tertiary/aromatic N) is 2. The Balaban J connectivity index is 0.00000208. The molecule has 0 saturated carbocycles. The molecule has 0 N–H and O–H groups in total. The monoisotopic (exact) mass is 372 g/mol. The van der Waals surface area contributed by atoms with Crippen LogP contribution >= 0.6 is 11.6 Å². The SMILES string of the molecule is Cc1ccc(-n2nc(Cl)cc2-c2ccc(S(=O)[O-])cc2)cc1F.[Na+]. The number of aryl methyl sites for hydroxylation is 1. The summed E-state index contributed by atoms with van der Waals surface area (Å²) < 4.78 is 37.2. The molecule has 24 heavy (non-hydrogen) atoms. The van der Waals surface area contributed by atoms with Gasteiger partial charge < -0.3 is 4.55 Å². The van der Waals surface area contributed by atoms with Crippen molar-refractivity contribution in [3.63, 3.8) is 0 Å². The molecule has 0 bridgehead atoms. The van der Waals surface area contributed by atoms with Gasteiger partial charge in [0.1, 0.15) is 5.82 Å². The van der Waals surface area contributed by atoms with Gasteiger partial charge in [-0.05, 0) is 47.8 Å². The maximum Gasteiger partial charge on any atom is 1.00 e. The molecule has 1 heterocycles. The van der Waals surface area contributed by atoms with Gasteiger partial charge >= 0.3 is 29.6 Å². The molecule has 1 unspecified atom stereocenters. The van der Waals surface area contributed by atoms with Gasteiger partial charge in [-0.25, -0.2) is 9.07 Å². The Bertz CT molecular complexity index is 900. The molecule has 0 aliphatic carbocycles. The van der Waals surface area contributed by atoms with E-state index < -0.39 is 11.1 Å². The summed E-state index contributed by atoms with van der Waals surface area (Å²) in [5.74, 6) is -0.336. The normalized spacial score (nSPS) is 11.8. The van der Waals surface area contributed by atoms with E-state index in [4.69, 9.17) is 11.6 Å². The minimum absolute atomic E-state index is 0. The van der Waals surface area contributed by atoms with Gasteiger partial charge in [0, 0.05) is 16.5 Å². The zero-order valence-electron chi connectivity index (χ0n) is 13.0. The molecule has 0 fully saturated rings. The largest absolute Gasteiger partial charge is 1.00 e. The third kappa shape index (κ3) is 3.96. The van der Waals surface area contributed by atoms with Crippen molar-refractivity contribution in [1.29, 1.82) is 0 Å². The Labute approximate surface area is 168 Å². The van der Waals surface area contributed by atoms with E-state index in [0.29, 0.717) is 16.9 Å². The molecule has 0 aliphatic rings. The summed E-state index contributed by atoms with van der Waals surface area (Å²) in [5, 5.41) is 4.44. The molecule has 8 heteroatoms. The molecule has 0 spiro atoms. The molecule has 1 atom stereocenters. The van der Waals surface area contributed by atoms with Crippen LogP contribution in [-0.2, 0) is 11.1 Å². The Hall–Kier alpha value is -1.02. The van der Waals surface area contributed by atoms with Crippen LogP contribution in [0.3, 0.4) is 0 Å². The average molecular weight is 373 g/mol. The molecule has 0 saturated heterocycles. The van der Waals surface area contributed by atoms with Gasteiger partial charge in [-0.15, -0.1) is 0 Å². The second-order valence-corrected chi connectivity index (χ2v) is 6.28. The van der Waals surface area contributed by atoms with Crippen molar-refractivity contribution in [2.75, 3.05) is 0 Å². The summed E-state index contributed by atoms with van der Waals surface area (Å²) in [6, 6.07) is 12.7. The van der Waals surface area contributed by atoms with E-state index in [2.05, 4.69) is 5.10 Å². The third-order valence-corrected chi connectivity index (χ3v) is 4.26. The zero-order valence-corrected chi connectivity index (χ0v) is 16.6. The minimum Gasteiger partial charge on any atom is -0.768 e. The van der Waals surface area contributed by atoms with Gasteiger partial charge in [-0.1, -0.05) is 29.8 Å². The number of halogens is 2. The number of benzene rings is 2. The van der Waals surface area contributed by atoms with E-state index in [-0.39, 0.29) is 45.4 Å². The van der Waals surface area contributed by atoms with Crippen LogP contribution in [0.25, 0.3) is 16.9 Å². The van der Waals surface area contributed by atoms with Crippen molar-refractivity contribution >= 4 is 22.7 Å². The second kappa shape index (κ2) is 7.91. The quantitative estimate of drug-likeness (QED) is 0.506. The maximum atomic E-state index is 13.8. The van der Waals surface area contributed by atoms with Gasteiger partial charge in [0.25, 0.3) is 0 Å². The molecule has 0 radical (unpaired) electrons. The second-order valence-electron chi connectivity index (χ2n) is 4.96. The fraction of sp³-hybridized carbons (Fsp3) is 0.0625. The van der Waals surface area contributed by atoms with Crippen molar-refractivity contribution in [1.82, 2.24) is 9.78 Å². The van der Waals surface area contributed by atoms with Crippen LogP contribution < -0.4 is 29.6 Å². The van der Waals surface area contributed by atoms with Gasteiger partial charge in [0.2, 0.25) is 0 Å². The first-order chi connectivity index (χ1) is 11.0. The molecular weight excluding hydrogens is 362 g/mol. The maximum absolute atomic E-state index is 13.8. The topological polar surface area (TPSA) is 58.0 Å². The zero-order chi connectivity index (χ0) is 16.6. The van der Waals surface area contributed by atoms with Crippen molar-refractivity contribution in [2.45, 2.75) is 11.8 Å². The van der Waals surface area contributed by atoms with Gasteiger partial charge in [-0.2, -0.15) is 5.10 Å². The van der Waals surface area contributed by atoms with Gasteiger partial charge in [-0.3, -0.25) is 4.21 Å². The van der Waals surface area contributed by atoms with Crippen molar-refractivity contribution in [3.05, 3.63) is 65.1 Å². The summed E-state index contributed by atoms with van der Waals surface area (Å²) >= 11 is 3.71. The molecule has 2 aromatic carbocycles. The summed E-state index contributed by atoms with van der Waals surface area (Å²) in [4.78, 5) is 0.187. The smallest absolute Gasteiger partial charge is 0.768 e. The Kier molecular flexibility index (Phi) is 6.36. The van der Waals surface area contributed by atoms with Crippen LogP contribution in [0.15, 0.2) is 53.4 Å². The molecule has 0 amide bonds. The van der Waals surface area contributed by atoms with Crippen LogP contribution in [0.5, 0.6) is 0 Å². The fourth-order valence-corrected chi connectivity index (χ4v) is 2.74. The summed E-state index contributed by atoms with van der Waals surface area (Å²) in [7, 11) is 0. The van der Waals surface area contributed by atoms with Crippen LogP contribution in [0.4, 0.5) is 4.39 Å². The van der Waals surface area contributed by atoms with Crippen LogP contribution in [-0.4, -0.2) is 18.5 Å². The molecule has 3 rings (SSSR count). The van der Waals surface area contributed by atoms with Gasteiger partial charge in [0.15, 0.2) is 5.15 Å². The van der Waals surface area contributed by atoms with E-state index in [0.717, 1.165) is 5.56 Å². The molecule has 4 nitrogen and oxygen atoms in total. The first-order valence-corrected chi connectivity index (χ1v) is 8.13.